The van der Waals surface area contributed by atoms with Gasteiger partial charge in [0.05, 0.1) is 12.1 Å². The fourth-order valence-electron chi connectivity index (χ4n) is 1.17. The Hall–Kier alpha value is -0.940. The molecule has 0 spiro atoms. The van der Waals surface area contributed by atoms with Crippen molar-refractivity contribution in [1.82, 2.24) is 5.32 Å². The Balaban J connectivity index is 4.05. The number of ketones is 1. The lowest BCUT2D eigenvalue weighted by Crippen LogP contribution is -2.46. The molecule has 5 N–H and O–H groups in total. The molecule has 0 aromatic heterocycles. The summed E-state index contributed by atoms with van der Waals surface area (Å²) < 4.78 is 0. The number of carbonyl (C=O) groups is 2. The molecule has 0 radical (unpaired) electrons. The first-order chi connectivity index (χ1) is 6.99. The number of hydrogen-bond acceptors (Lipinski definition) is 4. The molecule has 5 heteroatoms. The maximum Gasteiger partial charge on any atom is 0.237 e. The minimum atomic E-state index is -0.582. The van der Waals surface area contributed by atoms with Crippen LogP contribution >= 0.6 is 0 Å². The smallest absolute Gasteiger partial charge is 0.237 e. The highest BCUT2D eigenvalue weighted by Gasteiger charge is 2.18. The van der Waals surface area contributed by atoms with Crippen LogP contribution in [0.3, 0.4) is 0 Å². The zero-order valence-corrected chi connectivity index (χ0v) is 9.45. The molecule has 0 bridgehead atoms. The van der Waals surface area contributed by atoms with E-state index < -0.39 is 12.1 Å². The van der Waals surface area contributed by atoms with Crippen LogP contribution in [0.25, 0.3) is 0 Å². The van der Waals surface area contributed by atoms with E-state index in [1.54, 1.807) is 6.92 Å². The number of carbonyl (C=O) groups excluding carboxylic acids is 2. The number of rotatable bonds is 7. The maximum absolute atomic E-state index is 11.3. The number of amides is 1. The molecule has 15 heavy (non-hydrogen) atoms. The molecule has 0 aromatic rings. The van der Waals surface area contributed by atoms with Gasteiger partial charge in [-0.25, -0.2) is 0 Å². The summed E-state index contributed by atoms with van der Waals surface area (Å²) in [6.45, 7) is 3.66. The van der Waals surface area contributed by atoms with Gasteiger partial charge in [-0.2, -0.15) is 0 Å². The average molecular weight is 215 g/mol. The lowest BCUT2D eigenvalue weighted by molar-refractivity contribution is -0.127. The van der Waals surface area contributed by atoms with Gasteiger partial charge in [0.2, 0.25) is 5.91 Å². The summed E-state index contributed by atoms with van der Waals surface area (Å²) in [5.41, 5.74) is 10.7. The van der Waals surface area contributed by atoms with Gasteiger partial charge in [0.15, 0.2) is 5.78 Å². The quantitative estimate of drug-likeness (QED) is 0.500. The molecule has 0 heterocycles. The molecule has 0 rings (SSSR count). The fraction of sp³-hybridized carbons (Fsp3) is 0.800. The summed E-state index contributed by atoms with van der Waals surface area (Å²) >= 11 is 0. The molecule has 0 aliphatic heterocycles. The van der Waals surface area contributed by atoms with Gasteiger partial charge in [-0.15, -0.1) is 0 Å². The van der Waals surface area contributed by atoms with Gasteiger partial charge in [0.25, 0.3) is 0 Å². The van der Waals surface area contributed by atoms with Crippen LogP contribution in [0, 0.1) is 0 Å². The van der Waals surface area contributed by atoms with E-state index in [0.29, 0.717) is 13.0 Å². The summed E-state index contributed by atoms with van der Waals surface area (Å²) in [6, 6.07) is -1.00. The van der Waals surface area contributed by atoms with Crippen LogP contribution in [0.2, 0.25) is 0 Å². The number of nitrogens with two attached hydrogens (primary N) is 2. The second kappa shape index (κ2) is 7.36. The minimum Gasteiger partial charge on any atom is -0.345 e. The Morgan fingerprint density at radius 3 is 2.33 bits per heavy atom. The summed E-state index contributed by atoms with van der Waals surface area (Å²) in [4.78, 5) is 22.5. The third kappa shape index (κ3) is 6.19. The van der Waals surface area contributed by atoms with E-state index in [9.17, 15) is 9.59 Å². The molecule has 0 saturated heterocycles. The minimum absolute atomic E-state index is 0.0407. The normalized spacial score (nSPS) is 14.4. The van der Waals surface area contributed by atoms with Gasteiger partial charge < -0.3 is 16.8 Å². The van der Waals surface area contributed by atoms with Crippen LogP contribution in [0.15, 0.2) is 0 Å². The molecule has 0 fully saturated rings. The average Bonchev–Trinajstić information content (AvgIpc) is 2.15. The predicted molar refractivity (Wildman–Crippen MR) is 59.2 cm³/mol. The SMILES string of the molecule is CC(=O)[C@H](CCCCN)NC(=O)[C@H](C)N. The standard InChI is InChI=1S/C10H21N3O2/c1-7(12)10(15)13-9(8(2)14)5-3-4-6-11/h7,9H,3-6,11-12H2,1-2H3,(H,13,15)/t7-,9-/m0/s1. The zero-order chi connectivity index (χ0) is 11.8. The molecule has 88 valence electrons. The number of nitrogens with one attached hydrogen (secondary N) is 1. The monoisotopic (exact) mass is 215 g/mol. The van der Waals surface area contributed by atoms with Gasteiger partial charge >= 0.3 is 0 Å². The maximum atomic E-state index is 11.3. The van der Waals surface area contributed by atoms with Crippen molar-refractivity contribution in [2.45, 2.75) is 45.2 Å². The Kier molecular flexibility index (Phi) is 6.90. The molecule has 0 saturated carbocycles. The molecule has 0 unspecified atom stereocenters. The van der Waals surface area contributed by atoms with Crippen molar-refractivity contribution in [3.05, 3.63) is 0 Å². The van der Waals surface area contributed by atoms with Crippen molar-refractivity contribution < 1.29 is 9.59 Å². The van der Waals surface area contributed by atoms with Gasteiger partial charge in [0, 0.05) is 0 Å². The van der Waals surface area contributed by atoms with Crippen molar-refractivity contribution >= 4 is 11.7 Å². The Labute approximate surface area is 90.6 Å². The second-order valence-corrected chi connectivity index (χ2v) is 3.74. The molecule has 1 amide bonds. The molecule has 2 atom stereocenters. The van der Waals surface area contributed by atoms with Gasteiger partial charge in [-0.3, -0.25) is 9.59 Å². The Morgan fingerprint density at radius 2 is 1.93 bits per heavy atom. The molecule has 5 nitrogen and oxygen atoms in total. The Bertz CT molecular complexity index is 217. The molecule has 0 aromatic carbocycles. The van der Waals surface area contributed by atoms with E-state index in [0.717, 1.165) is 12.8 Å². The van der Waals surface area contributed by atoms with Crippen LogP contribution in [-0.4, -0.2) is 30.3 Å². The van der Waals surface area contributed by atoms with E-state index in [2.05, 4.69) is 5.32 Å². The highest BCUT2D eigenvalue weighted by Crippen LogP contribution is 2.01. The van der Waals surface area contributed by atoms with E-state index in [-0.39, 0.29) is 11.7 Å². The highest BCUT2D eigenvalue weighted by atomic mass is 16.2. The van der Waals surface area contributed by atoms with Crippen LogP contribution in [0.5, 0.6) is 0 Å². The van der Waals surface area contributed by atoms with Crippen molar-refractivity contribution in [2.24, 2.45) is 11.5 Å². The van der Waals surface area contributed by atoms with E-state index in [4.69, 9.17) is 11.5 Å². The van der Waals surface area contributed by atoms with E-state index >= 15 is 0 Å². The van der Waals surface area contributed by atoms with Crippen LogP contribution in [-0.2, 0) is 9.59 Å². The van der Waals surface area contributed by atoms with Gasteiger partial charge in [-0.1, -0.05) is 0 Å². The molecule has 0 aliphatic carbocycles. The highest BCUT2D eigenvalue weighted by molar-refractivity contribution is 5.89. The van der Waals surface area contributed by atoms with E-state index in [1.807, 2.05) is 0 Å². The van der Waals surface area contributed by atoms with Crippen LogP contribution in [0.4, 0.5) is 0 Å². The lowest BCUT2D eigenvalue weighted by Gasteiger charge is -2.17. The van der Waals surface area contributed by atoms with Crippen molar-refractivity contribution in [1.29, 1.82) is 0 Å². The van der Waals surface area contributed by atoms with Gasteiger partial charge in [-0.05, 0) is 39.7 Å². The fourth-order valence-corrected chi connectivity index (χ4v) is 1.17. The number of Topliss-reactive ketones (excluding diaryl/α,β-unsaturated/α-hetero) is 1. The number of hydrogen-bond donors (Lipinski definition) is 3. The van der Waals surface area contributed by atoms with Crippen LogP contribution < -0.4 is 16.8 Å². The summed E-state index contributed by atoms with van der Waals surface area (Å²) in [5, 5.41) is 2.62. The number of unbranched alkanes of at least 4 members (excludes halogenated alkanes) is 1. The zero-order valence-electron chi connectivity index (χ0n) is 9.45. The molecule has 0 aliphatic rings. The first kappa shape index (κ1) is 14.1. The second-order valence-electron chi connectivity index (χ2n) is 3.74. The third-order valence-corrected chi connectivity index (χ3v) is 2.17. The third-order valence-electron chi connectivity index (χ3n) is 2.17. The molecular weight excluding hydrogens is 194 g/mol. The Morgan fingerprint density at radius 1 is 1.33 bits per heavy atom. The summed E-state index contributed by atoms with van der Waals surface area (Å²) in [5.74, 6) is -0.330. The van der Waals surface area contributed by atoms with Crippen molar-refractivity contribution in [3.63, 3.8) is 0 Å². The van der Waals surface area contributed by atoms with E-state index in [1.165, 1.54) is 6.92 Å². The van der Waals surface area contributed by atoms with Crippen LogP contribution in [0.1, 0.15) is 33.1 Å². The van der Waals surface area contributed by atoms with Gasteiger partial charge in [0.1, 0.15) is 0 Å². The molecular formula is C10H21N3O2. The topological polar surface area (TPSA) is 98.2 Å². The first-order valence-electron chi connectivity index (χ1n) is 5.25. The van der Waals surface area contributed by atoms with Crippen molar-refractivity contribution in [3.8, 4) is 0 Å². The first-order valence-corrected chi connectivity index (χ1v) is 5.25. The predicted octanol–water partition coefficient (Wildman–Crippen LogP) is -0.464. The lowest BCUT2D eigenvalue weighted by atomic mass is 10.1. The largest absolute Gasteiger partial charge is 0.345 e. The summed E-state index contributed by atoms with van der Waals surface area (Å²) in [7, 11) is 0. The summed E-state index contributed by atoms with van der Waals surface area (Å²) in [6.07, 6.45) is 2.32. The van der Waals surface area contributed by atoms with Crippen molar-refractivity contribution in [2.75, 3.05) is 6.54 Å².